The Kier molecular flexibility index (Phi) is 6.14. The number of rotatable bonds is 6. The maximum absolute atomic E-state index is 12.1. The van der Waals surface area contributed by atoms with Crippen molar-refractivity contribution < 1.29 is 14.1 Å². The van der Waals surface area contributed by atoms with E-state index >= 15 is 0 Å². The van der Waals surface area contributed by atoms with E-state index in [9.17, 15) is 9.36 Å². The Hall–Kier alpha value is -2.27. The fourth-order valence-corrected chi connectivity index (χ4v) is 4.28. The molecular weight excluding hydrogens is 375 g/mol. The lowest BCUT2D eigenvalue weighted by Crippen LogP contribution is -2.33. The molecule has 1 aliphatic carbocycles. The first-order valence-electron chi connectivity index (χ1n) is 9.66. The second kappa shape index (κ2) is 8.39. The molecule has 2 atom stereocenters. The minimum atomic E-state index is -2.24. The van der Waals surface area contributed by atoms with Crippen LogP contribution >= 0.6 is 7.14 Å². The number of nitrogens with one attached hydrogen (secondary N) is 3. The van der Waals surface area contributed by atoms with Crippen molar-refractivity contribution in [2.45, 2.75) is 51.2 Å². The minimum Gasteiger partial charge on any atom is -0.446 e. The summed E-state index contributed by atoms with van der Waals surface area (Å²) < 4.78 is 17.6. The zero-order chi connectivity index (χ0) is 20.3. The maximum atomic E-state index is 12.1. The van der Waals surface area contributed by atoms with Crippen molar-refractivity contribution in [1.29, 1.82) is 0 Å². The van der Waals surface area contributed by atoms with Gasteiger partial charge in [0.1, 0.15) is 13.2 Å². The van der Waals surface area contributed by atoms with Crippen LogP contribution in [0.1, 0.15) is 44.7 Å². The van der Waals surface area contributed by atoms with Gasteiger partial charge in [-0.2, -0.15) is 5.10 Å². The Labute approximate surface area is 166 Å². The van der Waals surface area contributed by atoms with Crippen LogP contribution in [-0.2, 0) is 9.30 Å². The number of carbonyl (C=O) groups is 1. The molecule has 0 radical (unpaired) electrons. The first kappa shape index (κ1) is 20.5. The van der Waals surface area contributed by atoms with Gasteiger partial charge in [-0.05, 0) is 70.7 Å². The van der Waals surface area contributed by atoms with Gasteiger partial charge in [-0.3, -0.25) is 5.10 Å². The molecule has 1 aromatic carbocycles. The van der Waals surface area contributed by atoms with Gasteiger partial charge < -0.3 is 19.9 Å². The molecule has 3 rings (SSSR count). The van der Waals surface area contributed by atoms with Gasteiger partial charge in [-0.25, -0.2) is 4.79 Å². The molecule has 1 heterocycles. The summed E-state index contributed by atoms with van der Waals surface area (Å²) in [6.07, 6.45) is 2.20. The Morgan fingerprint density at radius 2 is 1.96 bits per heavy atom. The fraction of sp³-hybridized carbons (Fsp3) is 0.500. The van der Waals surface area contributed by atoms with E-state index in [4.69, 9.17) is 4.74 Å². The van der Waals surface area contributed by atoms with Crippen LogP contribution in [0.15, 0.2) is 30.3 Å². The van der Waals surface area contributed by atoms with Crippen LogP contribution in [0.3, 0.4) is 0 Å². The lowest BCUT2D eigenvalue weighted by atomic mass is 10.0. The highest BCUT2D eigenvalue weighted by Crippen LogP contribution is 2.37. The number of nitrogens with zero attached hydrogens (tertiary/aromatic N) is 1. The summed E-state index contributed by atoms with van der Waals surface area (Å²) >= 11 is 0. The molecule has 7 nitrogen and oxygen atoms in total. The van der Waals surface area contributed by atoms with Crippen molar-refractivity contribution in [2.24, 2.45) is 0 Å². The van der Waals surface area contributed by atoms with Gasteiger partial charge in [0.25, 0.3) is 0 Å². The van der Waals surface area contributed by atoms with Crippen molar-refractivity contribution in [3.8, 4) is 0 Å². The largest absolute Gasteiger partial charge is 0.446 e. The van der Waals surface area contributed by atoms with E-state index in [1.165, 1.54) is 0 Å². The van der Waals surface area contributed by atoms with Gasteiger partial charge in [0, 0.05) is 34.7 Å². The zero-order valence-corrected chi connectivity index (χ0v) is 17.8. The number of hydrogen-bond acceptors (Lipinski definition) is 5. The van der Waals surface area contributed by atoms with Crippen molar-refractivity contribution in [1.82, 2.24) is 15.5 Å². The van der Waals surface area contributed by atoms with E-state index in [2.05, 4.69) is 20.8 Å². The van der Waals surface area contributed by atoms with Crippen LogP contribution < -0.4 is 15.9 Å². The topological polar surface area (TPSA) is 96.1 Å². The van der Waals surface area contributed by atoms with E-state index in [0.29, 0.717) is 5.92 Å². The van der Waals surface area contributed by atoms with Gasteiger partial charge in [-0.15, -0.1) is 0 Å². The van der Waals surface area contributed by atoms with Crippen LogP contribution in [0.2, 0.25) is 0 Å². The second-order valence-corrected chi connectivity index (χ2v) is 11.3. The highest BCUT2D eigenvalue weighted by Gasteiger charge is 2.30. The Morgan fingerprint density at radius 1 is 1.25 bits per heavy atom. The van der Waals surface area contributed by atoms with Crippen LogP contribution in [-0.4, -0.2) is 41.8 Å². The van der Waals surface area contributed by atoms with E-state index in [0.717, 1.165) is 41.8 Å². The van der Waals surface area contributed by atoms with Crippen LogP contribution in [0.25, 0.3) is 0 Å². The molecule has 28 heavy (non-hydrogen) atoms. The normalized spacial score (nSPS) is 19.6. The van der Waals surface area contributed by atoms with Crippen molar-refractivity contribution in [3.05, 3.63) is 36.0 Å². The highest BCUT2D eigenvalue weighted by molar-refractivity contribution is 7.70. The summed E-state index contributed by atoms with van der Waals surface area (Å²) in [4.78, 5) is 11.8. The van der Waals surface area contributed by atoms with Crippen LogP contribution in [0, 0.1) is 0 Å². The summed E-state index contributed by atoms with van der Waals surface area (Å²) in [5.41, 5.74) is 1.94. The molecule has 1 saturated carbocycles. The van der Waals surface area contributed by atoms with Gasteiger partial charge in [0.2, 0.25) is 0 Å². The molecular formula is C20H29N4O3P. The molecule has 152 valence electrons. The number of hydrogen-bond donors (Lipinski definition) is 3. The molecule has 8 heteroatoms. The number of aromatic amines is 1. The van der Waals surface area contributed by atoms with Gasteiger partial charge >= 0.3 is 6.09 Å². The molecule has 0 bridgehead atoms. The van der Waals surface area contributed by atoms with Gasteiger partial charge in [0.05, 0.1) is 0 Å². The Morgan fingerprint density at radius 3 is 2.61 bits per heavy atom. The third kappa shape index (κ3) is 5.38. The molecule has 0 spiro atoms. The summed E-state index contributed by atoms with van der Waals surface area (Å²) in [5, 5.41) is 14.3. The van der Waals surface area contributed by atoms with Crippen molar-refractivity contribution in [2.75, 3.05) is 18.6 Å². The number of anilines is 2. The number of alkyl carbamates (subject to hydrolysis) is 1. The number of ether oxygens (including phenoxy) is 1. The summed E-state index contributed by atoms with van der Waals surface area (Å²) in [6.45, 7) is 7.35. The quantitative estimate of drug-likeness (QED) is 0.628. The fourth-order valence-electron chi connectivity index (χ4n) is 3.41. The monoisotopic (exact) mass is 404 g/mol. The number of H-pyrrole nitrogens is 1. The summed E-state index contributed by atoms with van der Waals surface area (Å²) in [5.74, 6) is 1.04. The number of benzene rings is 1. The maximum Gasteiger partial charge on any atom is 0.407 e. The van der Waals surface area contributed by atoms with Gasteiger partial charge in [0.15, 0.2) is 5.82 Å². The third-order valence-corrected chi connectivity index (χ3v) is 6.41. The average molecular weight is 404 g/mol. The first-order valence-corrected chi connectivity index (χ1v) is 12.3. The minimum absolute atomic E-state index is 0.0604. The van der Waals surface area contributed by atoms with Crippen molar-refractivity contribution in [3.63, 3.8) is 0 Å². The molecule has 0 unspecified atom stereocenters. The predicted molar refractivity (Wildman–Crippen MR) is 113 cm³/mol. The highest BCUT2D eigenvalue weighted by atomic mass is 31.2. The van der Waals surface area contributed by atoms with Crippen molar-refractivity contribution >= 4 is 30.0 Å². The SMILES string of the molecule is CC(C)NC(=O)O[C@@H]1CC[C@H](c2cc(Nc3ccc(P(C)(C)=O)cc3)n[nH]2)C1. The van der Waals surface area contributed by atoms with E-state index in [1.807, 2.05) is 44.2 Å². The smallest absolute Gasteiger partial charge is 0.407 e. The first-order chi connectivity index (χ1) is 13.2. The van der Waals surface area contributed by atoms with Crippen LogP contribution in [0.4, 0.5) is 16.3 Å². The molecule has 1 aromatic heterocycles. The lowest BCUT2D eigenvalue weighted by molar-refractivity contribution is 0.0981. The standard InChI is InChI=1S/C20H29N4O3P/c1-13(2)21-20(25)27-16-8-5-14(11-16)18-12-19(24-23-18)22-15-6-9-17(10-7-15)28(3,4)26/h6-7,9-10,12-14,16H,5,8,11H2,1-4H3,(H,21,25)(H2,22,23,24)/t14-,16+/m0/s1. The number of amides is 1. The van der Waals surface area contributed by atoms with Crippen LogP contribution in [0.5, 0.6) is 0 Å². The number of carbonyl (C=O) groups excluding carboxylic acids is 1. The van der Waals surface area contributed by atoms with Gasteiger partial charge in [-0.1, -0.05) is 0 Å². The Balaban J connectivity index is 1.56. The number of aromatic nitrogens is 2. The molecule has 1 aliphatic rings. The molecule has 1 fully saturated rings. The third-order valence-electron chi connectivity index (χ3n) is 4.86. The Bertz CT molecular complexity index is 857. The average Bonchev–Trinajstić information content (AvgIpc) is 3.23. The zero-order valence-electron chi connectivity index (χ0n) is 16.9. The van der Waals surface area contributed by atoms with E-state index in [1.54, 1.807) is 13.3 Å². The van der Waals surface area contributed by atoms with E-state index in [-0.39, 0.29) is 18.2 Å². The summed E-state index contributed by atoms with van der Waals surface area (Å²) in [6, 6.07) is 9.67. The molecule has 0 saturated heterocycles. The second-order valence-electron chi connectivity index (χ2n) is 8.07. The predicted octanol–water partition coefficient (Wildman–Crippen LogP) is 4.17. The molecule has 0 aliphatic heterocycles. The molecule has 3 N–H and O–H groups in total. The summed E-state index contributed by atoms with van der Waals surface area (Å²) in [7, 11) is -2.24. The van der Waals surface area contributed by atoms with E-state index < -0.39 is 7.14 Å². The molecule has 1 amide bonds. The molecule has 2 aromatic rings. The lowest BCUT2D eigenvalue weighted by Gasteiger charge is -2.14.